The van der Waals surface area contributed by atoms with Crippen molar-refractivity contribution in [2.75, 3.05) is 24.8 Å². The number of esters is 1. The van der Waals surface area contributed by atoms with Crippen LogP contribution in [0.3, 0.4) is 0 Å². The summed E-state index contributed by atoms with van der Waals surface area (Å²) in [4.78, 5) is 33.3. The molecule has 0 unspecified atom stereocenters. The molecule has 0 saturated heterocycles. The Balaban J connectivity index is 2.50. The van der Waals surface area contributed by atoms with Crippen LogP contribution < -0.4 is 4.90 Å². The first kappa shape index (κ1) is 19.8. The molecule has 0 atom stereocenters. The Kier molecular flexibility index (Phi) is 5.94. The molecule has 8 nitrogen and oxygen atoms in total. The SMILES string of the molecule is CCS(=O)(=O)c1ncc(Cl)c(C(=O)N(C)c2ccccc2C(=O)OC)n1. The number of aromatic nitrogens is 2. The van der Waals surface area contributed by atoms with E-state index in [0.717, 1.165) is 11.1 Å². The van der Waals surface area contributed by atoms with Crippen LogP contribution in [0.5, 0.6) is 0 Å². The highest BCUT2D eigenvalue weighted by Crippen LogP contribution is 2.24. The third-order valence-electron chi connectivity index (χ3n) is 3.56. The molecule has 10 heteroatoms. The number of rotatable bonds is 5. The molecule has 138 valence electrons. The van der Waals surface area contributed by atoms with Crippen molar-refractivity contribution in [2.24, 2.45) is 0 Å². The second-order valence-electron chi connectivity index (χ2n) is 5.13. The predicted molar refractivity (Wildman–Crippen MR) is 95.3 cm³/mol. The van der Waals surface area contributed by atoms with E-state index in [1.165, 1.54) is 27.1 Å². The fourth-order valence-electron chi connectivity index (χ4n) is 2.10. The Morgan fingerprint density at radius 3 is 2.54 bits per heavy atom. The number of carbonyl (C=O) groups is 2. The molecule has 0 radical (unpaired) electrons. The summed E-state index contributed by atoms with van der Waals surface area (Å²) >= 11 is 5.99. The first-order chi connectivity index (χ1) is 12.2. The molecule has 2 aromatic rings. The number of amides is 1. The highest BCUT2D eigenvalue weighted by Gasteiger charge is 2.25. The van der Waals surface area contributed by atoms with E-state index in [0.29, 0.717) is 0 Å². The Morgan fingerprint density at radius 1 is 1.27 bits per heavy atom. The highest BCUT2D eigenvalue weighted by molar-refractivity contribution is 7.91. The Morgan fingerprint density at radius 2 is 1.92 bits per heavy atom. The lowest BCUT2D eigenvalue weighted by atomic mass is 10.1. The van der Waals surface area contributed by atoms with E-state index in [2.05, 4.69) is 9.97 Å². The van der Waals surface area contributed by atoms with Crippen molar-refractivity contribution in [3.05, 3.63) is 46.7 Å². The van der Waals surface area contributed by atoms with Crippen LogP contribution in [0.15, 0.2) is 35.6 Å². The Hall–Kier alpha value is -2.52. The number of hydrogen-bond acceptors (Lipinski definition) is 7. The molecule has 0 aliphatic heterocycles. The highest BCUT2D eigenvalue weighted by atomic mass is 35.5. The van der Waals surface area contributed by atoms with Crippen LogP contribution in [0.4, 0.5) is 5.69 Å². The minimum Gasteiger partial charge on any atom is -0.465 e. The number of sulfone groups is 1. The average molecular weight is 398 g/mol. The number of anilines is 1. The standard InChI is InChI=1S/C16H16ClN3O5S/c1-4-26(23,24)16-18-9-11(17)13(19-16)14(21)20(2)12-8-6-5-7-10(12)15(22)25-3/h5-9H,4H2,1-3H3. The second kappa shape index (κ2) is 7.79. The maximum Gasteiger partial charge on any atom is 0.339 e. The molecule has 1 heterocycles. The molecule has 1 aromatic heterocycles. The molecule has 0 N–H and O–H groups in total. The Labute approximate surface area is 155 Å². The number of carbonyl (C=O) groups excluding carboxylic acids is 2. The van der Waals surface area contributed by atoms with Crippen LogP contribution in [-0.4, -0.2) is 50.2 Å². The second-order valence-corrected chi connectivity index (χ2v) is 7.70. The van der Waals surface area contributed by atoms with Gasteiger partial charge in [0.05, 0.1) is 35.3 Å². The maximum atomic E-state index is 12.8. The van der Waals surface area contributed by atoms with Crippen LogP contribution in [-0.2, 0) is 14.6 Å². The van der Waals surface area contributed by atoms with Gasteiger partial charge in [-0.25, -0.2) is 23.2 Å². The van der Waals surface area contributed by atoms with Gasteiger partial charge in [0.15, 0.2) is 5.69 Å². The molecular weight excluding hydrogens is 382 g/mol. The molecule has 2 rings (SSSR count). The van der Waals surface area contributed by atoms with Crippen molar-refractivity contribution in [1.82, 2.24) is 9.97 Å². The summed E-state index contributed by atoms with van der Waals surface area (Å²) < 4.78 is 28.6. The zero-order chi connectivity index (χ0) is 19.5. The van der Waals surface area contributed by atoms with Gasteiger partial charge in [-0.2, -0.15) is 0 Å². The lowest BCUT2D eigenvalue weighted by Crippen LogP contribution is -2.29. The number of methoxy groups -OCH3 is 1. The molecule has 0 spiro atoms. The van der Waals surface area contributed by atoms with Crippen LogP contribution in [0.2, 0.25) is 5.02 Å². The summed E-state index contributed by atoms with van der Waals surface area (Å²) in [5.74, 6) is -1.53. The number of nitrogens with zero attached hydrogens (tertiary/aromatic N) is 3. The van der Waals surface area contributed by atoms with E-state index >= 15 is 0 Å². The van der Waals surface area contributed by atoms with E-state index in [4.69, 9.17) is 16.3 Å². The number of para-hydroxylation sites is 1. The third-order valence-corrected chi connectivity index (χ3v) is 5.35. The zero-order valence-electron chi connectivity index (χ0n) is 14.3. The van der Waals surface area contributed by atoms with E-state index in [1.54, 1.807) is 18.2 Å². The topological polar surface area (TPSA) is 107 Å². The zero-order valence-corrected chi connectivity index (χ0v) is 15.8. The van der Waals surface area contributed by atoms with Gasteiger partial charge in [0.25, 0.3) is 5.91 Å². The van der Waals surface area contributed by atoms with Crippen molar-refractivity contribution in [2.45, 2.75) is 12.1 Å². The number of ether oxygens (including phenoxy) is 1. The van der Waals surface area contributed by atoms with Gasteiger partial charge < -0.3 is 9.64 Å². The number of halogens is 1. The molecule has 26 heavy (non-hydrogen) atoms. The van der Waals surface area contributed by atoms with Crippen LogP contribution in [0.1, 0.15) is 27.8 Å². The molecular formula is C16H16ClN3O5S. The van der Waals surface area contributed by atoms with E-state index in [1.807, 2.05) is 0 Å². The van der Waals surface area contributed by atoms with Gasteiger partial charge in [-0.05, 0) is 12.1 Å². The monoisotopic (exact) mass is 397 g/mol. The van der Waals surface area contributed by atoms with Crippen molar-refractivity contribution < 1.29 is 22.7 Å². The minimum absolute atomic E-state index is 0.104. The lowest BCUT2D eigenvalue weighted by Gasteiger charge is -2.20. The van der Waals surface area contributed by atoms with Gasteiger partial charge in [-0.1, -0.05) is 30.7 Å². The fraction of sp³-hybridized carbons (Fsp3) is 0.250. The van der Waals surface area contributed by atoms with Crippen molar-refractivity contribution in [1.29, 1.82) is 0 Å². The van der Waals surface area contributed by atoms with Crippen molar-refractivity contribution in [3.63, 3.8) is 0 Å². The van der Waals surface area contributed by atoms with Crippen molar-refractivity contribution >= 4 is 39.0 Å². The maximum absolute atomic E-state index is 12.8. The van der Waals surface area contributed by atoms with Gasteiger partial charge in [-0.15, -0.1) is 0 Å². The van der Waals surface area contributed by atoms with E-state index in [-0.39, 0.29) is 27.7 Å². The molecule has 1 aromatic carbocycles. The normalized spacial score (nSPS) is 11.1. The predicted octanol–water partition coefficient (Wildman–Crippen LogP) is 1.99. The van der Waals surface area contributed by atoms with Crippen molar-refractivity contribution in [3.8, 4) is 0 Å². The van der Waals surface area contributed by atoms with Gasteiger partial charge in [0.2, 0.25) is 15.0 Å². The summed E-state index contributed by atoms with van der Waals surface area (Å²) in [6, 6.07) is 6.31. The van der Waals surface area contributed by atoms with Crippen LogP contribution >= 0.6 is 11.6 Å². The molecule has 0 aliphatic rings. The smallest absolute Gasteiger partial charge is 0.339 e. The van der Waals surface area contributed by atoms with E-state index < -0.39 is 26.9 Å². The number of hydrogen-bond donors (Lipinski definition) is 0. The summed E-state index contributed by atoms with van der Waals surface area (Å²) in [5, 5.41) is -0.588. The quantitative estimate of drug-likeness (QED) is 0.560. The van der Waals surface area contributed by atoms with Gasteiger partial charge >= 0.3 is 5.97 Å². The van der Waals surface area contributed by atoms with Gasteiger partial charge in [-0.3, -0.25) is 4.79 Å². The summed E-state index contributed by atoms with van der Waals surface area (Å²) in [7, 11) is -1.07. The molecule has 0 bridgehead atoms. The lowest BCUT2D eigenvalue weighted by molar-refractivity contribution is 0.0601. The van der Waals surface area contributed by atoms with Gasteiger partial charge in [0, 0.05) is 7.05 Å². The molecule has 0 fully saturated rings. The largest absolute Gasteiger partial charge is 0.465 e. The fourth-order valence-corrected chi connectivity index (χ4v) is 2.97. The van der Waals surface area contributed by atoms with Gasteiger partial charge in [0.1, 0.15) is 0 Å². The molecule has 0 aliphatic carbocycles. The Bertz CT molecular complexity index is 962. The third kappa shape index (κ3) is 3.83. The van der Waals surface area contributed by atoms with E-state index in [9.17, 15) is 18.0 Å². The first-order valence-corrected chi connectivity index (χ1v) is 9.46. The van der Waals surface area contributed by atoms with Crippen LogP contribution in [0, 0.1) is 0 Å². The first-order valence-electron chi connectivity index (χ1n) is 7.43. The summed E-state index contributed by atoms with van der Waals surface area (Å²) in [6.07, 6.45) is 1.06. The minimum atomic E-state index is -3.71. The van der Waals surface area contributed by atoms with Crippen LogP contribution in [0.25, 0.3) is 0 Å². The average Bonchev–Trinajstić information content (AvgIpc) is 2.66. The number of benzene rings is 1. The molecule has 0 saturated carbocycles. The summed E-state index contributed by atoms with van der Waals surface area (Å²) in [6.45, 7) is 1.44. The molecule has 1 amide bonds. The summed E-state index contributed by atoms with van der Waals surface area (Å²) in [5.41, 5.74) is 0.146.